The average Bonchev–Trinajstić information content (AvgIpc) is 2.21. The van der Waals surface area contributed by atoms with Gasteiger partial charge >= 0.3 is 0 Å². The molecule has 1 aromatic carbocycles. The van der Waals surface area contributed by atoms with Gasteiger partial charge in [0.25, 0.3) is 0 Å². The second-order valence-corrected chi connectivity index (χ2v) is 4.99. The van der Waals surface area contributed by atoms with Crippen molar-refractivity contribution in [2.45, 2.75) is 25.6 Å². The fraction of sp³-hybridized carbons (Fsp3) is 0.455. The van der Waals surface area contributed by atoms with Crippen LogP contribution < -0.4 is 5.73 Å². The van der Waals surface area contributed by atoms with E-state index in [4.69, 9.17) is 5.73 Å². The summed E-state index contributed by atoms with van der Waals surface area (Å²) in [7, 11) is -0.961. The van der Waals surface area contributed by atoms with Crippen LogP contribution in [-0.4, -0.2) is 9.96 Å². The van der Waals surface area contributed by atoms with Crippen molar-refractivity contribution in [2.24, 2.45) is 5.73 Å². The molecule has 0 aliphatic carbocycles. The molecule has 1 atom stereocenters. The van der Waals surface area contributed by atoms with Crippen molar-refractivity contribution >= 4 is 10.8 Å². The van der Waals surface area contributed by atoms with Gasteiger partial charge in [0.05, 0.1) is 5.75 Å². The molecule has 0 saturated carbocycles. The molecule has 0 radical (unpaired) electrons. The predicted molar refractivity (Wildman–Crippen MR) is 61.3 cm³/mol. The molecule has 0 heterocycles. The van der Waals surface area contributed by atoms with Crippen molar-refractivity contribution in [1.29, 1.82) is 0 Å². The van der Waals surface area contributed by atoms with Gasteiger partial charge in [0.15, 0.2) is 0 Å². The normalized spacial score (nSPS) is 12.7. The topological polar surface area (TPSA) is 43.1 Å². The molecule has 0 aromatic heterocycles. The summed E-state index contributed by atoms with van der Waals surface area (Å²) in [5, 5.41) is 0. The highest BCUT2D eigenvalue weighted by Crippen LogP contribution is 2.12. The molecule has 4 heteroatoms. The summed E-state index contributed by atoms with van der Waals surface area (Å²) in [5.74, 6) is 0.616. The summed E-state index contributed by atoms with van der Waals surface area (Å²) in [6, 6.07) is 4.87. The Hall–Kier alpha value is -0.740. The summed E-state index contributed by atoms with van der Waals surface area (Å²) in [5.41, 5.74) is 6.67. The Labute approximate surface area is 92.1 Å². The van der Waals surface area contributed by atoms with Crippen LogP contribution in [0.15, 0.2) is 18.2 Å². The van der Waals surface area contributed by atoms with Crippen molar-refractivity contribution in [3.05, 3.63) is 35.1 Å². The zero-order chi connectivity index (χ0) is 11.3. The van der Waals surface area contributed by atoms with Crippen LogP contribution in [0.4, 0.5) is 4.39 Å². The highest BCUT2D eigenvalue weighted by Gasteiger charge is 2.06. The van der Waals surface area contributed by atoms with Crippen molar-refractivity contribution in [3.8, 4) is 0 Å². The molecule has 0 bridgehead atoms. The van der Waals surface area contributed by atoms with Crippen LogP contribution in [0, 0.1) is 5.82 Å². The lowest BCUT2D eigenvalue weighted by molar-refractivity contribution is 0.613. The van der Waals surface area contributed by atoms with Crippen molar-refractivity contribution in [1.82, 2.24) is 0 Å². The summed E-state index contributed by atoms with van der Waals surface area (Å²) < 4.78 is 24.9. The molecular formula is C11H16FNOS. The van der Waals surface area contributed by atoms with E-state index in [1.165, 1.54) is 6.07 Å². The monoisotopic (exact) mass is 229 g/mol. The molecular weight excluding hydrogens is 213 g/mol. The Kier molecular flexibility index (Phi) is 4.91. The van der Waals surface area contributed by atoms with Crippen molar-refractivity contribution in [3.63, 3.8) is 0 Å². The van der Waals surface area contributed by atoms with Crippen LogP contribution in [0.25, 0.3) is 0 Å². The van der Waals surface area contributed by atoms with E-state index in [-0.39, 0.29) is 5.82 Å². The molecule has 2 nitrogen and oxygen atoms in total. The van der Waals surface area contributed by atoms with Crippen LogP contribution in [0.3, 0.4) is 0 Å². The molecule has 2 N–H and O–H groups in total. The van der Waals surface area contributed by atoms with E-state index < -0.39 is 10.8 Å². The van der Waals surface area contributed by atoms with E-state index >= 15 is 0 Å². The van der Waals surface area contributed by atoms with Crippen LogP contribution in [0.1, 0.15) is 24.5 Å². The molecule has 84 valence electrons. The minimum absolute atomic E-state index is 0.296. The molecule has 15 heavy (non-hydrogen) atoms. The number of rotatable bonds is 5. The number of hydrogen-bond acceptors (Lipinski definition) is 2. The average molecular weight is 229 g/mol. The number of benzene rings is 1. The minimum Gasteiger partial charge on any atom is -0.326 e. The van der Waals surface area contributed by atoms with Gasteiger partial charge in [-0.2, -0.15) is 0 Å². The van der Waals surface area contributed by atoms with Gasteiger partial charge in [0, 0.05) is 28.7 Å². The third kappa shape index (κ3) is 3.72. The largest absolute Gasteiger partial charge is 0.326 e. The Bertz CT molecular complexity index is 354. The Morgan fingerprint density at radius 1 is 1.47 bits per heavy atom. The van der Waals surface area contributed by atoms with E-state index in [9.17, 15) is 8.60 Å². The van der Waals surface area contributed by atoms with Gasteiger partial charge in [-0.25, -0.2) is 4.39 Å². The van der Waals surface area contributed by atoms with Gasteiger partial charge in [-0.3, -0.25) is 4.21 Å². The zero-order valence-corrected chi connectivity index (χ0v) is 9.65. The van der Waals surface area contributed by atoms with Gasteiger partial charge in [-0.1, -0.05) is 19.1 Å². The second kappa shape index (κ2) is 5.98. The first kappa shape index (κ1) is 12.3. The van der Waals surface area contributed by atoms with E-state index in [0.29, 0.717) is 23.6 Å². The Balaban J connectivity index is 2.73. The minimum atomic E-state index is -0.961. The molecule has 1 rings (SSSR count). The molecule has 0 saturated heterocycles. The van der Waals surface area contributed by atoms with E-state index in [0.717, 1.165) is 12.0 Å². The van der Waals surface area contributed by atoms with Gasteiger partial charge in [-0.15, -0.1) is 0 Å². The van der Waals surface area contributed by atoms with E-state index in [2.05, 4.69) is 0 Å². The SMILES string of the molecule is CCCS(=O)Cc1ccc(CN)cc1F. The lowest BCUT2D eigenvalue weighted by atomic mass is 10.1. The molecule has 0 fully saturated rings. The first-order chi connectivity index (χ1) is 7.17. The van der Waals surface area contributed by atoms with E-state index in [1.807, 2.05) is 6.92 Å². The highest BCUT2D eigenvalue weighted by molar-refractivity contribution is 7.84. The first-order valence-corrected chi connectivity index (χ1v) is 6.48. The lowest BCUT2D eigenvalue weighted by Gasteiger charge is -2.04. The maximum absolute atomic E-state index is 13.4. The quantitative estimate of drug-likeness (QED) is 0.838. The molecule has 0 aliphatic rings. The number of halogens is 1. The van der Waals surface area contributed by atoms with Crippen LogP contribution >= 0.6 is 0 Å². The summed E-state index contributed by atoms with van der Waals surface area (Å²) >= 11 is 0. The third-order valence-electron chi connectivity index (χ3n) is 2.10. The van der Waals surface area contributed by atoms with E-state index in [1.54, 1.807) is 12.1 Å². The Morgan fingerprint density at radius 3 is 2.73 bits per heavy atom. The van der Waals surface area contributed by atoms with Crippen LogP contribution in [0.2, 0.25) is 0 Å². The fourth-order valence-electron chi connectivity index (χ4n) is 1.31. The van der Waals surface area contributed by atoms with Crippen molar-refractivity contribution in [2.75, 3.05) is 5.75 Å². The number of hydrogen-bond donors (Lipinski definition) is 1. The standard InChI is InChI=1S/C11H16FNOS/c1-2-5-15(14)8-10-4-3-9(7-13)6-11(10)12/h3-4,6H,2,5,7-8,13H2,1H3. The molecule has 1 unspecified atom stereocenters. The predicted octanol–water partition coefficient (Wildman–Crippen LogP) is 1.94. The smallest absolute Gasteiger partial charge is 0.127 e. The molecule has 0 aliphatic heterocycles. The van der Waals surface area contributed by atoms with Crippen molar-refractivity contribution < 1.29 is 8.60 Å². The number of nitrogens with two attached hydrogens (primary N) is 1. The second-order valence-electron chi connectivity index (χ2n) is 3.42. The molecule has 1 aromatic rings. The summed E-state index contributed by atoms with van der Waals surface area (Å²) in [6.07, 6.45) is 0.856. The van der Waals surface area contributed by atoms with Gasteiger partial charge in [0.2, 0.25) is 0 Å². The third-order valence-corrected chi connectivity index (χ3v) is 3.60. The van der Waals surface area contributed by atoms with Crippen LogP contribution in [0.5, 0.6) is 0 Å². The first-order valence-electron chi connectivity index (χ1n) is 4.99. The molecule has 0 amide bonds. The summed E-state index contributed by atoms with van der Waals surface area (Å²) in [4.78, 5) is 0. The molecule has 0 spiro atoms. The highest BCUT2D eigenvalue weighted by atomic mass is 32.2. The lowest BCUT2D eigenvalue weighted by Crippen LogP contribution is -2.03. The van der Waals surface area contributed by atoms with Gasteiger partial charge in [0.1, 0.15) is 5.82 Å². The maximum Gasteiger partial charge on any atom is 0.127 e. The maximum atomic E-state index is 13.4. The zero-order valence-electron chi connectivity index (χ0n) is 8.83. The Morgan fingerprint density at radius 2 is 2.20 bits per heavy atom. The fourth-order valence-corrected chi connectivity index (χ4v) is 2.49. The summed E-state index contributed by atoms with van der Waals surface area (Å²) in [6.45, 7) is 2.29. The van der Waals surface area contributed by atoms with Gasteiger partial charge < -0.3 is 5.73 Å². The van der Waals surface area contributed by atoms with Gasteiger partial charge in [-0.05, 0) is 18.1 Å². The van der Waals surface area contributed by atoms with Crippen LogP contribution in [-0.2, 0) is 23.1 Å².